The zero-order valence-corrected chi connectivity index (χ0v) is 13.9. The van der Waals surface area contributed by atoms with Crippen molar-refractivity contribution in [3.8, 4) is 0 Å². The number of rotatable bonds is 7. The predicted molar refractivity (Wildman–Crippen MR) is 82.8 cm³/mol. The minimum atomic E-state index is -1.06. The molecule has 0 aromatic carbocycles. The smallest absolute Gasteiger partial charge is 0.329 e. The van der Waals surface area contributed by atoms with Gasteiger partial charge in [-0.25, -0.2) is 9.59 Å². The number of nitrogens with zero attached hydrogens (tertiary/aromatic N) is 1. The molecule has 0 aromatic heterocycles. The summed E-state index contributed by atoms with van der Waals surface area (Å²) in [4.78, 5) is 25.4. The SMILES string of the molecule is CCCC1(C(=O)O)CCCN1C(=O)NCCC(C)S(C)=O. The highest BCUT2D eigenvalue weighted by molar-refractivity contribution is 7.84. The zero-order chi connectivity index (χ0) is 16.0. The molecule has 1 fully saturated rings. The van der Waals surface area contributed by atoms with Crippen LogP contribution in [0.3, 0.4) is 0 Å². The van der Waals surface area contributed by atoms with E-state index in [1.165, 1.54) is 4.90 Å². The fourth-order valence-corrected chi connectivity index (χ4v) is 3.27. The highest BCUT2D eigenvalue weighted by Gasteiger charge is 2.49. The van der Waals surface area contributed by atoms with Crippen molar-refractivity contribution in [3.63, 3.8) is 0 Å². The number of carbonyl (C=O) groups is 2. The third kappa shape index (κ3) is 4.18. The van der Waals surface area contributed by atoms with Gasteiger partial charge in [-0.1, -0.05) is 20.3 Å². The summed E-state index contributed by atoms with van der Waals surface area (Å²) in [5.74, 6) is -0.917. The van der Waals surface area contributed by atoms with Gasteiger partial charge < -0.3 is 15.3 Å². The van der Waals surface area contributed by atoms with Gasteiger partial charge in [0.25, 0.3) is 0 Å². The molecule has 3 atom stereocenters. The van der Waals surface area contributed by atoms with Crippen molar-refractivity contribution in [2.45, 2.75) is 56.7 Å². The highest BCUT2D eigenvalue weighted by Crippen LogP contribution is 2.34. The molecule has 0 saturated carbocycles. The first-order valence-corrected chi connectivity index (χ1v) is 9.08. The van der Waals surface area contributed by atoms with E-state index in [2.05, 4.69) is 5.32 Å². The van der Waals surface area contributed by atoms with E-state index in [0.29, 0.717) is 32.4 Å². The lowest BCUT2D eigenvalue weighted by atomic mass is 9.91. The van der Waals surface area contributed by atoms with Gasteiger partial charge in [0.2, 0.25) is 0 Å². The Bertz CT molecular complexity index is 416. The first-order valence-electron chi connectivity index (χ1n) is 7.46. The molecule has 0 aliphatic carbocycles. The number of aliphatic carboxylic acids is 1. The van der Waals surface area contributed by atoms with Crippen LogP contribution in [0, 0.1) is 0 Å². The van der Waals surface area contributed by atoms with Crippen molar-refractivity contribution >= 4 is 22.8 Å². The van der Waals surface area contributed by atoms with Crippen LogP contribution in [-0.4, -0.2) is 56.3 Å². The van der Waals surface area contributed by atoms with Crippen LogP contribution in [0.5, 0.6) is 0 Å². The Kier molecular flexibility index (Phi) is 6.64. The minimum absolute atomic E-state index is 0.0174. The molecule has 7 heteroatoms. The summed E-state index contributed by atoms with van der Waals surface area (Å²) in [6.07, 6.45) is 4.70. The Hall–Kier alpha value is -1.11. The quantitative estimate of drug-likeness (QED) is 0.746. The molecule has 1 rings (SSSR count). The molecular weight excluding hydrogens is 292 g/mol. The third-order valence-electron chi connectivity index (χ3n) is 4.19. The Morgan fingerprint density at radius 1 is 1.48 bits per heavy atom. The van der Waals surface area contributed by atoms with E-state index in [4.69, 9.17) is 0 Å². The van der Waals surface area contributed by atoms with E-state index in [1.807, 2.05) is 13.8 Å². The summed E-state index contributed by atoms with van der Waals surface area (Å²) in [7, 11) is -0.912. The molecule has 1 heterocycles. The van der Waals surface area contributed by atoms with Crippen molar-refractivity contribution < 1.29 is 18.9 Å². The lowest BCUT2D eigenvalue weighted by molar-refractivity contribution is -0.148. The van der Waals surface area contributed by atoms with Crippen LogP contribution in [-0.2, 0) is 15.6 Å². The number of hydrogen-bond donors (Lipinski definition) is 2. The van der Waals surface area contributed by atoms with Crippen molar-refractivity contribution in [1.29, 1.82) is 0 Å². The number of carboxylic acids is 1. The maximum absolute atomic E-state index is 12.3. The third-order valence-corrected chi connectivity index (χ3v) is 5.56. The molecular formula is C14H26N2O4S. The van der Waals surface area contributed by atoms with E-state index >= 15 is 0 Å². The summed E-state index contributed by atoms with van der Waals surface area (Å²) in [6.45, 7) is 4.69. The summed E-state index contributed by atoms with van der Waals surface area (Å²) in [5.41, 5.74) is -1.06. The van der Waals surface area contributed by atoms with Gasteiger partial charge >= 0.3 is 12.0 Å². The molecule has 2 amide bonds. The van der Waals surface area contributed by atoms with Gasteiger partial charge in [0.15, 0.2) is 0 Å². The standard InChI is InChI=1S/C14H26N2O4S/c1-4-7-14(12(17)18)8-5-10-16(14)13(19)15-9-6-11(2)21(3)20/h11H,4-10H2,1-3H3,(H,15,19)(H,17,18). The summed E-state index contributed by atoms with van der Waals surface area (Å²) < 4.78 is 11.3. The molecule has 3 unspecified atom stereocenters. The predicted octanol–water partition coefficient (Wildman–Crippen LogP) is 1.57. The van der Waals surface area contributed by atoms with Gasteiger partial charge in [-0.3, -0.25) is 4.21 Å². The topological polar surface area (TPSA) is 86.7 Å². The highest BCUT2D eigenvalue weighted by atomic mass is 32.2. The van der Waals surface area contributed by atoms with Crippen molar-refractivity contribution in [2.75, 3.05) is 19.3 Å². The Morgan fingerprint density at radius 3 is 2.67 bits per heavy atom. The van der Waals surface area contributed by atoms with Gasteiger partial charge in [0.05, 0.1) is 0 Å². The van der Waals surface area contributed by atoms with Crippen LogP contribution in [0.2, 0.25) is 0 Å². The molecule has 0 bridgehead atoms. The first kappa shape index (κ1) is 17.9. The second kappa shape index (κ2) is 7.77. The largest absolute Gasteiger partial charge is 0.479 e. The number of carboxylic acid groups (broad SMARTS) is 1. The Balaban J connectivity index is 2.63. The summed E-state index contributed by atoms with van der Waals surface area (Å²) >= 11 is 0. The van der Waals surface area contributed by atoms with Crippen LogP contribution in [0.15, 0.2) is 0 Å². The number of amides is 2. The molecule has 122 valence electrons. The van der Waals surface area contributed by atoms with Crippen molar-refractivity contribution in [2.24, 2.45) is 0 Å². The van der Waals surface area contributed by atoms with Crippen molar-refractivity contribution in [1.82, 2.24) is 10.2 Å². The van der Waals surface area contributed by atoms with Crippen LogP contribution < -0.4 is 5.32 Å². The number of likely N-dealkylation sites (tertiary alicyclic amines) is 1. The lowest BCUT2D eigenvalue weighted by Gasteiger charge is -2.34. The Morgan fingerprint density at radius 2 is 2.14 bits per heavy atom. The van der Waals surface area contributed by atoms with Gasteiger partial charge in [-0.15, -0.1) is 0 Å². The van der Waals surface area contributed by atoms with Gasteiger partial charge in [0, 0.05) is 35.4 Å². The fourth-order valence-electron chi connectivity index (χ4n) is 2.82. The number of nitrogens with one attached hydrogen (secondary N) is 1. The average molecular weight is 318 g/mol. The molecule has 0 aromatic rings. The normalized spacial score (nSPS) is 24.6. The molecule has 2 N–H and O–H groups in total. The van der Waals surface area contributed by atoms with Gasteiger partial charge in [-0.05, 0) is 25.7 Å². The van der Waals surface area contributed by atoms with Gasteiger partial charge in [0.1, 0.15) is 5.54 Å². The monoisotopic (exact) mass is 318 g/mol. The molecule has 21 heavy (non-hydrogen) atoms. The second-order valence-corrected chi connectivity index (χ2v) is 7.47. The van der Waals surface area contributed by atoms with Crippen LogP contribution in [0.4, 0.5) is 4.79 Å². The van der Waals surface area contributed by atoms with Crippen LogP contribution in [0.1, 0.15) is 46.0 Å². The molecule has 1 aliphatic heterocycles. The lowest BCUT2D eigenvalue weighted by Crippen LogP contribution is -2.56. The molecule has 6 nitrogen and oxygen atoms in total. The minimum Gasteiger partial charge on any atom is -0.479 e. The summed E-state index contributed by atoms with van der Waals surface area (Å²) in [5, 5.41) is 12.3. The van der Waals surface area contributed by atoms with E-state index < -0.39 is 22.3 Å². The van der Waals surface area contributed by atoms with E-state index in [0.717, 1.165) is 12.8 Å². The van der Waals surface area contributed by atoms with Gasteiger partial charge in [-0.2, -0.15) is 0 Å². The summed E-state index contributed by atoms with van der Waals surface area (Å²) in [6, 6.07) is -0.322. The molecule has 1 aliphatic rings. The number of urea groups is 1. The van der Waals surface area contributed by atoms with E-state index in [-0.39, 0.29) is 11.3 Å². The van der Waals surface area contributed by atoms with Crippen molar-refractivity contribution in [3.05, 3.63) is 0 Å². The van der Waals surface area contributed by atoms with E-state index in [9.17, 15) is 18.9 Å². The molecule has 1 saturated heterocycles. The van der Waals surface area contributed by atoms with Crippen LogP contribution >= 0.6 is 0 Å². The van der Waals surface area contributed by atoms with Crippen LogP contribution in [0.25, 0.3) is 0 Å². The molecule has 0 radical (unpaired) electrons. The second-order valence-electron chi connectivity index (χ2n) is 5.67. The maximum Gasteiger partial charge on any atom is 0.329 e. The van der Waals surface area contributed by atoms with E-state index in [1.54, 1.807) is 6.26 Å². The average Bonchev–Trinajstić information content (AvgIpc) is 2.83. The molecule has 0 spiro atoms. The number of carbonyl (C=O) groups excluding carboxylic acids is 1. The Labute approximate surface area is 128 Å². The first-order chi connectivity index (χ1) is 9.85. The zero-order valence-electron chi connectivity index (χ0n) is 13.1. The fraction of sp³-hybridized carbons (Fsp3) is 0.857. The number of hydrogen-bond acceptors (Lipinski definition) is 3. The maximum atomic E-state index is 12.3.